The van der Waals surface area contributed by atoms with Crippen molar-refractivity contribution in [3.8, 4) is 0 Å². The number of halogens is 2. The van der Waals surface area contributed by atoms with Crippen molar-refractivity contribution in [1.82, 2.24) is 10.2 Å². The van der Waals surface area contributed by atoms with Crippen LogP contribution in [0.25, 0.3) is 0 Å². The molecule has 0 spiro atoms. The molecule has 0 saturated carbocycles. The maximum absolute atomic E-state index is 12.2. The number of thiophene rings is 1. The third kappa shape index (κ3) is 6.19. The van der Waals surface area contributed by atoms with E-state index in [4.69, 9.17) is 5.73 Å². The van der Waals surface area contributed by atoms with Crippen LogP contribution >= 0.6 is 36.2 Å². The van der Waals surface area contributed by atoms with Crippen LogP contribution in [0.3, 0.4) is 0 Å². The minimum absolute atomic E-state index is 0. The molecule has 0 radical (unpaired) electrons. The molecule has 1 amide bonds. The number of benzene rings is 1. The van der Waals surface area contributed by atoms with Crippen LogP contribution in [0, 0.1) is 5.92 Å². The third-order valence-corrected chi connectivity index (χ3v) is 5.28. The number of amides is 1. The van der Waals surface area contributed by atoms with Crippen LogP contribution in [0.4, 0.5) is 5.69 Å². The molecular weight excluding hydrogens is 377 g/mol. The molecule has 1 aliphatic rings. The summed E-state index contributed by atoms with van der Waals surface area (Å²) in [5, 5.41) is 5.17. The second-order valence-electron chi connectivity index (χ2n) is 6.10. The summed E-state index contributed by atoms with van der Waals surface area (Å²) in [6.07, 6.45) is 2.27. The smallest absolute Gasteiger partial charge is 0.253 e. The van der Waals surface area contributed by atoms with E-state index in [1.54, 1.807) is 12.1 Å². The van der Waals surface area contributed by atoms with Gasteiger partial charge in [-0.3, -0.25) is 9.69 Å². The van der Waals surface area contributed by atoms with Gasteiger partial charge in [-0.2, -0.15) is 0 Å². The predicted molar refractivity (Wildman–Crippen MR) is 110 cm³/mol. The third-order valence-electron chi connectivity index (χ3n) is 4.42. The molecule has 25 heavy (non-hydrogen) atoms. The van der Waals surface area contributed by atoms with Gasteiger partial charge in [0.1, 0.15) is 0 Å². The van der Waals surface area contributed by atoms with E-state index in [1.807, 2.05) is 23.5 Å². The Kier molecular flexibility index (Phi) is 9.28. The molecule has 0 aliphatic carbocycles. The van der Waals surface area contributed by atoms with Crippen molar-refractivity contribution in [2.75, 3.05) is 25.4 Å². The summed E-state index contributed by atoms with van der Waals surface area (Å²) in [7, 11) is 0. The number of nitrogen functional groups attached to an aromatic ring is 1. The summed E-state index contributed by atoms with van der Waals surface area (Å²) < 4.78 is 0. The van der Waals surface area contributed by atoms with E-state index in [0.717, 1.165) is 39.0 Å². The number of para-hydroxylation sites is 1. The molecule has 0 unspecified atom stereocenters. The summed E-state index contributed by atoms with van der Waals surface area (Å²) in [6, 6.07) is 11.5. The van der Waals surface area contributed by atoms with Gasteiger partial charge in [0.05, 0.1) is 5.56 Å². The van der Waals surface area contributed by atoms with Crippen LogP contribution in [0.1, 0.15) is 28.1 Å². The molecule has 7 heteroatoms. The first-order valence-electron chi connectivity index (χ1n) is 8.10. The topological polar surface area (TPSA) is 58.4 Å². The van der Waals surface area contributed by atoms with Crippen LogP contribution in [0.2, 0.25) is 0 Å². The fourth-order valence-electron chi connectivity index (χ4n) is 3.01. The van der Waals surface area contributed by atoms with Crippen LogP contribution in [-0.4, -0.2) is 30.4 Å². The summed E-state index contributed by atoms with van der Waals surface area (Å²) in [5.41, 5.74) is 6.96. The normalized spacial score (nSPS) is 15.0. The number of piperidine rings is 1. The standard InChI is InChI=1S/C18H23N3OS.2ClH/c19-17-6-2-1-5-16(17)18(22)20-12-14-7-9-21(10-8-14)13-15-4-3-11-23-15;;/h1-6,11,14H,7-10,12-13,19H2,(H,20,22);2*1H. The highest BCUT2D eigenvalue weighted by Gasteiger charge is 2.20. The van der Waals surface area contributed by atoms with Crippen LogP contribution in [0.15, 0.2) is 41.8 Å². The molecule has 1 aromatic carbocycles. The lowest BCUT2D eigenvalue weighted by atomic mass is 9.96. The Hall–Kier alpha value is -1.27. The van der Waals surface area contributed by atoms with E-state index >= 15 is 0 Å². The number of rotatable bonds is 5. The zero-order valence-corrected chi connectivity index (χ0v) is 16.5. The monoisotopic (exact) mass is 401 g/mol. The van der Waals surface area contributed by atoms with Gasteiger partial charge < -0.3 is 11.1 Å². The number of nitrogens with one attached hydrogen (secondary N) is 1. The van der Waals surface area contributed by atoms with Gasteiger partial charge in [0.15, 0.2) is 0 Å². The van der Waals surface area contributed by atoms with Gasteiger partial charge in [0.25, 0.3) is 5.91 Å². The number of carbonyl (C=O) groups excluding carboxylic acids is 1. The average molecular weight is 402 g/mol. The second-order valence-corrected chi connectivity index (χ2v) is 7.13. The van der Waals surface area contributed by atoms with Crippen molar-refractivity contribution in [3.63, 3.8) is 0 Å². The summed E-state index contributed by atoms with van der Waals surface area (Å²) >= 11 is 1.82. The van der Waals surface area contributed by atoms with Crippen LogP contribution in [-0.2, 0) is 6.54 Å². The highest BCUT2D eigenvalue weighted by molar-refractivity contribution is 7.09. The van der Waals surface area contributed by atoms with Crippen LogP contribution < -0.4 is 11.1 Å². The van der Waals surface area contributed by atoms with Gasteiger partial charge in [-0.05, 0) is 55.4 Å². The SMILES string of the molecule is Cl.Cl.Nc1ccccc1C(=O)NCC1CCN(Cc2cccs2)CC1. The molecule has 3 N–H and O–H groups in total. The summed E-state index contributed by atoms with van der Waals surface area (Å²) in [6.45, 7) is 4.00. The number of nitrogens with two attached hydrogens (primary N) is 1. The van der Waals surface area contributed by atoms with E-state index < -0.39 is 0 Å². The number of hydrogen-bond donors (Lipinski definition) is 2. The van der Waals surface area contributed by atoms with Gasteiger partial charge in [0.2, 0.25) is 0 Å². The number of likely N-dealkylation sites (tertiary alicyclic amines) is 1. The Morgan fingerprint density at radius 1 is 1.16 bits per heavy atom. The number of hydrogen-bond acceptors (Lipinski definition) is 4. The van der Waals surface area contributed by atoms with Crippen molar-refractivity contribution >= 4 is 47.7 Å². The Morgan fingerprint density at radius 2 is 1.88 bits per heavy atom. The molecule has 2 heterocycles. The molecule has 3 rings (SSSR count). The van der Waals surface area contributed by atoms with Gasteiger partial charge in [0, 0.05) is 23.7 Å². The Morgan fingerprint density at radius 3 is 2.52 bits per heavy atom. The van der Waals surface area contributed by atoms with Gasteiger partial charge in [-0.15, -0.1) is 36.2 Å². The Balaban J connectivity index is 0.00000156. The molecular formula is C18H25Cl2N3OS. The highest BCUT2D eigenvalue weighted by Crippen LogP contribution is 2.20. The maximum Gasteiger partial charge on any atom is 0.253 e. The van der Waals surface area contributed by atoms with E-state index in [1.165, 1.54) is 4.88 Å². The first kappa shape index (κ1) is 21.8. The van der Waals surface area contributed by atoms with Gasteiger partial charge in [-0.1, -0.05) is 18.2 Å². The molecule has 0 bridgehead atoms. The molecule has 2 aromatic rings. The average Bonchev–Trinajstić information content (AvgIpc) is 3.07. The zero-order valence-electron chi connectivity index (χ0n) is 14.0. The fourth-order valence-corrected chi connectivity index (χ4v) is 3.75. The lowest BCUT2D eigenvalue weighted by molar-refractivity contribution is 0.0936. The molecule has 1 fully saturated rings. The van der Waals surface area contributed by atoms with Gasteiger partial charge >= 0.3 is 0 Å². The fraction of sp³-hybridized carbons (Fsp3) is 0.389. The van der Waals surface area contributed by atoms with Crippen molar-refractivity contribution in [2.24, 2.45) is 5.92 Å². The van der Waals surface area contributed by atoms with E-state index in [2.05, 4.69) is 27.7 Å². The van der Waals surface area contributed by atoms with Crippen molar-refractivity contribution in [3.05, 3.63) is 52.2 Å². The first-order chi connectivity index (χ1) is 11.2. The summed E-state index contributed by atoms with van der Waals surface area (Å²) in [5.74, 6) is 0.493. The number of nitrogens with zero attached hydrogens (tertiary/aromatic N) is 1. The highest BCUT2D eigenvalue weighted by atomic mass is 35.5. The maximum atomic E-state index is 12.2. The van der Waals surface area contributed by atoms with Crippen molar-refractivity contribution < 1.29 is 4.79 Å². The Labute approximate surface area is 165 Å². The summed E-state index contributed by atoms with van der Waals surface area (Å²) in [4.78, 5) is 16.1. The zero-order chi connectivity index (χ0) is 16.1. The number of carbonyl (C=O) groups is 1. The van der Waals surface area contributed by atoms with Crippen LogP contribution in [0.5, 0.6) is 0 Å². The van der Waals surface area contributed by atoms with Gasteiger partial charge in [-0.25, -0.2) is 0 Å². The lowest BCUT2D eigenvalue weighted by Crippen LogP contribution is -2.38. The van der Waals surface area contributed by atoms with E-state index in [0.29, 0.717) is 17.2 Å². The minimum Gasteiger partial charge on any atom is -0.398 e. The van der Waals surface area contributed by atoms with E-state index in [-0.39, 0.29) is 30.7 Å². The quantitative estimate of drug-likeness (QED) is 0.748. The number of anilines is 1. The second kappa shape index (κ2) is 10.7. The molecule has 1 aliphatic heterocycles. The Bertz CT molecular complexity index is 644. The molecule has 0 atom stereocenters. The lowest BCUT2D eigenvalue weighted by Gasteiger charge is -2.31. The molecule has 138 valence electrons. The molecule has 4 nitrogen and oxygen atoms in total. The largest absolute Gasteiger partial charge is 0.398 e. The van der Waals surface area contributed by atoms with E-state index in [9.17, 15) is 4.79 Å². The molecule has 1 aromatic heterocycles. The van der Waals surface area contributed by atoms with Crippen molar-refractivity contribution in [2.45, 2.75) is 19.4 Å². The first-order valence-corrected chi connectivity index (χ1v) is 8.98. The minimum atomic E-state index is -0.0656. The predicted octanol–water partition coefficient (Wildman–Crippen LogP) is 3.82. The van der Waals surface area contributed by atoms with Crippen molar-refractivity contribution in [1.29, 1.82) is 0 Å². The molecule has 1 saturated heterocycles.